The molecule has 1 heterocycles. The zero-order valence-corrected chi connectivity index (χ0v) is 12.8. The van der Waals surface area contributed by atoms with Crippen LogP contribution in [-0.4, -0.2) is 44.1 Å². The van der Waals surface area contributed by atoms with Gasteiger partial charge in [0.05, 0.1) is 20.1 Å². The van der Waals surface area contributed by atoms with E-state index >= 15 is 0 Å². The quantitative estimate of drug-likeness (QED) is 0.838. The first-order valence-electron chi connectivity index (χ1n) is 7.08. The molecule has 0 bridgehead atoms. The summed E-state index contributed by atoms with van der Waals surface area (Å²) >= 11 is 0. The van der Waals surface area contributed by atoms with Gasteiger partial charge in [0.2, 0.25) is 5.91 Å². The van der Waals surface area contributed by atoms with Crippen molar-refractivity contribution >= 4 is 11.9 Å². The number of benzene rings is 1. The fourth-order valence-electron chi connectivity index (χ4n) is 2.55. The number of hydrogen-bond donors (Lipinski definition) is 2. The Bertz CT molecular complexity index is 562. The Kier molecular flexibility index (Phi) is 5.08. The number of ether oxygens (including phenoxy) is 2. The van der Waals surface area contributed by atoms with E-state index in [0.29, 0.717) is 37.6 Å². The molecule has 0 aromatic heterocycles. The highest BCUT2D eigenvalue weighted by Crippen LogP contribution is 2.30. The van der Waals surface area contributed by atoms with Crippen molar-refractivity contribution in [2.45, 2.75) is 13.0 Å². The minimum Gasteiger partial charge on any atom is -0.493 e. The summed E-state index contributed by atoms with van der Waals surface area (Å²) in [7, 11) is 3.12. The molecule has 0 unspecified atom stereocenters. The van der Waals surface area contributed by atoms with Crippen LogP contribution >= 0.6 is 0 Å². The third kappa shape index (κ3) is 3.41. The predicted octanol–water partition coefficient (Wildman–Crippen LogP) is 0.721. The largest absolute Gasteiger partial charge is 0.493 e. The second-order valence-corrected chi connectivity index (χ2v) is 5.15. The van der Waals surface area contributed by atoms with E-state index in [1.54, 1.807) is 25.2 Å². The van der Waals surface area contributed by atoms with Crippen molar-refractivity contribution in [3.63, 3.8) is 0 Å². The Hall–Kier alpha value is -2.44. The van der Waals surface area contributed by atoms with Gasteiger partial charge in [0.25, 0.3) is 0 Å². The summed E-state index contributed by atoms with van der Waals surface area (Å²) in [4.78, 5) is 24.9. The van der Waals surface area contributed by atoms with Gasteiger partial charge in [-0.3, -0.25) is 4.79 Å². The lowest BCUT2D eigenvalue weighted by Crippen LogP contribution is -2.39. The Morgan fingerprint density at radius 3 is 2.73 bits per heavy atom. The Labute approximate surface area is 129 Å². The van der Waals surface area contributed by atoms with E-state index in [4.69, 9.17) is 15.2 Å². The summed E-state index contributed by atoms with van der Waals surface area (Å²) in [6, 6.07) is 5.27. The monoisotopic (exact) mass is 307 g/mol. The predicted molar refractivity (Wildman–Crippen MR) is 80.7 cm³/mol. The summed E-state index contributed by atoms with van der Waals surface area (Å²) in [5, 5.41) is 2.83. The molecule has 7 nitrogen and oxygen atoms in total. The number of rotatable bonds is 5. The zero-order chi connectivity index (χ0) is 16.1. The molecule has 1 fully saturated rings. The molecule has 1 aromatic carbocycles. The number of nitrogens with two attached hydrogens (primary N) is 1. The highest BCUT2D eigenvalue weighted by Gasteiger charge is 2.29. The molecule has 1 aliphatic rings. The molecule has 1 atom stereocenters. The van der Waals surface area contributed by atoms with Crippen LogP contribution in [0.4, 0.5) is 4.79 Å². The molecular weight excluding hydrogens is 286 g/mol. The first-order chi connectivity index (χ1) is 10.6. The standard InChI is InChI=1S/C15H21N3O4/c1-21-12-5-3-4-10(13(12)22-2)8-17-15(20)18-7-6-11(9-18)14(16)19/h3-5,11H,6-9H2,1-2H3,(H2,16,19)(H,17,20)/t11-/m1/s1. The van der Waals surface area contributed by atoms with E-state index < -0.39 is 0 Å². The summed E-state index contributed by atoms with van der Waals surface area (Å²) in [5.74, 6) is 0.604. The number of nitrogens with one attached hydrogen (secondary N) is 1. The fourth-order valence-corrected chi connectivity index (χ4v) is 2.55. The number of primary amides is 1. The van der Waals surface area contributed by atoms with Crippen molar-refractivity contribution < 1.29 is 19.1 Å². The average molecular weight is 307 g/mol. The molecule has 0 radical (unpaired) electrons. The van der Waals surface area contributed by atoms with Crippen molar-refractivity contribution in [3.05, 3.63) is 23.8 Å². The Morgan fingerprint density at radius 1 is 1.36 bits per heavy atom. The van der Waals surface area contributed by atoms with Crippen molar-refractivity contribution in [3.8, 4) is 11.5 Å². The van der Waals surface area contributed by atoms with Gasteiger partial charge in [0.1, 0.15) is 0 Å². The highest BCUT2D eigenvalue weighted by atomic mass is 16.5. The first kappa shape index (κ1) is 15.9. The van der Waals surface area contributed by atoms with Gasteiger partial charge in [-0.05, 0) is 12.5 Å². The van der Waals surface area contributed by atoms with Gasteiger partial charge in [-0.25, -0.2) is 4.79 Å². The molecule has 2 rings (SSSR count). The lowest BCUT2D eigenvalue weighted by atomic mass is 10.1. The minimum absolute atomic E-state index is 0.214. The van der Waals surface area contributed by atoms with Gasteiger partial charge < -0.3 is 25.4 Å². The summed E-state index contributed by atoms with van der Waals surface area (Å²) in [6.45, 7) is 1.22. The number of hydrogen-bond acceptors (Lipinski definition) is 4. The van der Waals surface area contributed by atoms with Gasteiger partial charge in [-0.2, -0.15) is 0 Å². The number of amides is 3. The number of likely N-dealkylation sites (tertiary alicyclic amines) is 1. The van der Waals surface area contributed by atoms with Crippen LogP contribution < -0.4 is 20.5 Å². The number of para-hydroxylation sites is 1. The van der Waals surface area contributed by atoms with E-state index in [0.717, 1.165) is 5.56 Å². The number of carbonyl (C=O) groups excluding carboxylic acids is 2. The molecule has 120 valence electrons. The van der Waals surface area contributed by atoms with Crippen molar-refractivity contribution in [1.29, 1.82) is 0 Å². The van der Waals surface area contributed by atoms with Crippen LogP contribution in [0.1, 0.15) is 12.0 Å². The summed E-state index contributed by atoms with van der Waals surface area (Å²) in [6.07, 6.45) is 0.616. The molecular formula is C15H21N3O4. The number of urea groups is 1. The second kappa shape index (κ2) is 7.02. The van der Waals surface area contributed by atoms with Gasteiger partial charge in [0, 0.05) is 25.2 Å². The lowest BCUT2D eigenvalue weighted by Gasteiger charge is -2.18. The van der Waals surface area contributed by atoms with E-state index in [-0.39, 0.29) is 17.9 Å². The Morgan fingerprint density at radius 2 is 2.14 bits per heavy atom. The van der Waals surface area contributed by atoms with Crippen molar-refractivity contribution in [2.75, 3.05) is 27.3 Å². The smallest absolute Gasteiger partial charge is 0.317 e. The average Bonchev–Trinajstić information content (AvgIpc) is 3.02. The molecule has 0 saturated carbocycles. The number of carbonyl (C=O) groups is 2. The first-order valence-corrected chi connectivity index (χ1v) is 7.08. The summed E-state index contributed by atoms with van der Waals surface area (Å²) in [5.41, 5.74) is 6.09. The topological polar surface area (TPSA) is 93.9 Å². The Balaban J connectivity index is 1.96. The van der Waals surface area contributed by atoms with E-state index in [1.807, 2.05) is 12.1 Å². The van der Waals surface area contributed by atoms with Crippen LogP contribution in [0.25, 0.3) is 0 Å². The van der Waals surface area contributed by atoms with Gasteiger partial charge in [-0.1, -0.05) is 12.1 Å². The molecule has 1 aromatic rings. The van der Waals surface area contributed by atoms with Crippen LogP contribution in [0.3, 0.4) is 0 Å². The maximum Gasteiger partial charge on any atom is 0.317 e. The molecule has 1 saturated heterocycles. The van der Waals surface area contributed by atoms with Gasteiger partial charge in [-0.15, -0.1) is 0 Å². The summed E-state index contributed by atoms with van der Waals surface area (Å²) < 4.78 is 10.5. The number of methoxy groups -OCH3 is 2. The second-order valence-electron chi connectivity index (χ2n) is 5.15. The van der Waals surface area contributed by atoms with E-state index in [1.165, 1.54) is 0 Å². The van der Waals surface area contributed by atoms with Crippen LogP contribution in [0.2, 0.25) is 0 Å². The van der Waals surface area contributed by atoms with Crippen LogP contribution in [0.5, 0.6) is 11.5 Å². The fraction of sp³-hybridized carbons (Fsp3) is 0.467. The minimum atomic E-state index is -0.357. The zero-order valence-electron chi connectivity index (χ0n) is 12.8. The van der Waals surface area contributed by atoms with E-state index in [9.17, 15) is 9.59 Å². The molecule has 7 heteroatoms. The normalized spacial score (nSPS) is 17.2. The van der Waals surface area contributed by atoms with Crippen molar-refractivity contribution in [1.82, 2.24) is 10.2 Å². The number of nitrogens with zero attached hydrogens (tertiary/aromatic N) is 1. The third-order valence-electron chi connectivity index (χ3n) is 3.79. The van der Waals surface area contributed by atoms with Crippen LogP contribution in [-0.2, 0) is 11.3 Å². The lowest BCUT2D eigenvalue weighted by molar-refractivity contribution is -0.121. The molecule has 0 aliphatic carbocycles. The maximum atomic E-state index is 12.1. The van der Waals surface area contributed by atoms with Crippen molar-refractivity contribution in [2.24, 2.45) is 11.7 Å². The van der Waals surface area contributed by atoms with Gasteiger partial charge in [0.15, 0.2) is 11.5 Å². The van der Waals surface area contributed by atoms with Crippen LogP contribution in [0, 0.1) is 5.92 Å². The molecule has 3 amide bonds. The van der Waals surface area contributed by atoms with Crippen LogP contribution in [0.15, 0.2) is 18.2 Å². The van der Waals surface area contributed by atoms with E-state index in [2.05, 4.69) is 5.32 Å². The molecule has 3 N–H and O–H groups in total. The SMILES string of the molecule is COc1cccc(CNC(=O)N2CC[C@@H](C(N)=O)C2)c1OC. The molecule has 1 aliphatic heterocycles. The molecule has 22 heavy (non-hydrogen) atoms. The molecule has 0 spiro atoms. The third-order valence-corrected chi connectivity index (χ3v) is 3.79. The maximum absolute atomic E-state index is 12.1. The van der Waals surface area contributed by atoms with Gasteiger partial charge >= 0.3 is 6.03 Å². The highest BCUT2D eigenvalue weighted by molar-refractivity contribution is 5.80.